The summed E-state index contributed by atoms with van der Waals surface area (Å²) < 4.78 is 11.3. The van der Waals surface area contributed by atoms with Crippen LogP contribution in [0.2, 0.25) is 18.1 Å². The molecule has 0 heterocycles. The monoisotopic (exact) mass is 274 g/mol. The van der Waals surface area contributed by atoms with Gasteiger partial charge in [-0.25, -0.2) is 4.79 Å². The van der Waals surface area contributed by atoms with Gasteiger partial charge in [0.1, 0.15) is 6.10 Å². The second-order valence-electron chi connectivity index (χ2n) is 6.75. The van der Waals surface area contributed by atoms with Crippen LogP contribution in [-0.2, 0) is 14.0 Å². The van der Waals surface area contributed by atoms with Crippen LogP contribution in [0, 0.1) is 5.92 Å². The number of hydrogen-bond acceptors (Lipinski definition) is 3. The Hall–Kier alpha value is -0.353. The first-order valence-electron chi connectivity index (χ1n) is 6.85. The minimum absolute atomic E-state index is 0.106. The Kier molecular flexibility index (Phi) is 6.58. The van der Waals surface area contributed by atoms with Crippen molar-refractivity contribution >= 4 is 14.3 Å². The molecule has 0 fully saturated rings. The zero-order chi connectivity index (χ0) is 14.6. The van der Waals surface area contributed by atoms with E-state index in [9.17, 15) is 4.79 Å². The topological polar surface area (TPSA) is 35.5 Å². The number of carbonyl (C=O) groups is 1. The summed E-state index contributed by atoms with van der Waals surface area (Å²) >= 11 is 0. The number of hydrogen-bond donors (Lipinski definition) is 0. The molecule has 0 aromatic heterocycles. The molecule has 0 aromatic rings. The SMILES string of the molecule is CCOC(=O)C(CC(C)C)O[Si](C)(C)C(C)(C)C. The van der Waals surface area contributed by atoms with Crippen molar-refractivity contribution in [2.24, 2.45) is 5.92 Å². The Morgan fingerprint density at radius 3 is 2.06 bits per heavy atom. The van der Waals surface area contributed by atoms with E-state index in [1.807, 2.05) is 6.92 Å². The molecule has 0 aliphatic rings. The molecule has 0 bridgehead atoms. The Balaban J connectivity index is 4.84. The summed E-state index contributed by atoms with van der Waals surface area (Å²) in [5, 5.41) is 0.106. The molecule has 1 atom stereocenters. The molecule has 0 radical (unpaired) electrons. The summed E-state index contributed by atoms with van der Waals surface area (Å²) in [4.78, 5) is 12.0. The minimum Gasteiger partial charge on any atom is -0.464 e. The summed E-state index contributed by atoms with van der Waals surface area (Å²) in [7, 11) is -1.93. The lowest BCUT2D eigenvalue weighted by atomic mass is 10.1. The van der Waals surface area contributed by atoms with Gasteiger partial charge in [0.2, 0.25) is 0 Å². The van der Waals surface area contributed by atoms with Gasteiger partial charge in [-0.2, -0.15) is 0 Å². The molecule has 108 valence electrons. The number of ether oxygens (including phenoxy) is 1. The highest BCUT2D eigenvalue weighted by Gasteiger charge is 2.41. The Morgan fingerprint density at radius 2 is 1.72 bits per heavy atom. The lowest BCUT2D eigenvalue weighted by molar-refractivity contribution is -0.152. The van der Waals surface area contributed by atoms with Crippen LogP contribution >= 0.6 is 0 Å². The van der Waals surface area contributed by atoms with Gasteiger partial charge in [-0.1, -0.05) is 34.6 Å². The first-order chi connectivity index (χ1) is 8.01. The van der Waals surface area contributed by atoms with Crippen LogP contribution in [0.1, 0.15) is 48.0 Å². The van der Waals surface area contributed by atoms with E-state index in [-0.39, 0.29) is 11.0 Å². The first kappa shape index (κ1) is 17.6. The molecule has 0 aliphatic heterocycles. The van der Waals surface area contributed by atoms with E-state index in [0.29, 0.717) is 12.5 Å². The Bertz CT molecular complexity index is 267. The largest absolute Gasteiger partial charge is 0.464 e. The van der Waals surface area contributed by atoms with Crippen molar-refractivity contribution in [1.29, 1.82) is 0 Å². The molecule has 0 amide bonds. The van der Waals surface area contributed by atoms with E-state index < -0.39 is 14.4 Å². The molecule has 4 heteroatoms. The predicted molar refractivity (Wildman–Crippen MR) is 78.2 cm³/mol. The highest BCUT2D eigenvalue weighted by Crippen LogP contribution is 2.38. The summed E-state index contributed by atoms with van der Waals surface area (Å²) in [5.74, 6) is 0.209. The van der Waals surface area contributed by atoms with Gasteiger partial charge in [0.25, 0.3) is 0 Å². The lowest BCUT2D eigenvalue weighted by Crippen LogP contribution is -2.46. The second-order valence-corrected chi connectivity index (χ2v) is 11.5. The summed E-state index contributed by atoms with van der Waals surface area (Å²) in [6, 6.07) is 0. The fraction of sp³-hybridized carbons (Fsp3) is 0.929. The van der Waals surface area contributed by atoms with Crippen LogP contribution < -0.4 is 0 Å². The van der Waals surface area contributed by atoms with Crippen molar-refractivity contribution in [2.45, 2.75) is 72.2 Å². The van der Waals surface area contributed by atoms with E-state index in [0.717, 1.165) is 6.42 Å². The van der Waals surface area contributed by atoms with Crippen LogP contribution in [0.3, 0.4) is 0 Å². The van der Waals surface area contributed by atoms with Crippen molar-refractivity contribution in [3.8, 4) is 0 Å². The summed E-state index contributed by atoms with van der Waals surface area (Å²) in [6.07, 6.45) is 0.316. The van der Waals surface area contributed by atoms with E-state index in [4.69, 9.17) is 9.16 Å². The number of esters is 1. The highest BCUT2D eigenvalue weighted by atomic mass is 28.4. The smallest absolute Gasteiger partial charge is 0.334 e. The van der Waals surface area contributed by atoms with E-state index >= 15 is 0 Å². The van der Waals surface area contributed by atoms with Gasteiger partial charge in [0, 0.05) is 0 Å². The summed E-state index contributed by atoms with van der Waals surface area (Å²) in [6.45, 7) is 17.3. The quantitative estimate of drug-likeness (QED) is 0.543. The molecule has 18 heavy (non-hydrogen) atoms. The van der Waals surface area contributed by atoms with Gasteiger partial charge in [0.15, 0.2) is 8.32 Å². The van der Waals surface area contributed by atoms with Crippen molar-refractivity contribution in [2.75, 3.05) is 6.61 Å². The maximum absolute atomic E-state index is 12.0. The molecule has 1 unspecified atom stereocenters. The average molecular weight is 274 g/mol. The molecule has 0 N–H and O–H groups in total. The normalized spacial score (nSPS) is 14.7. The van der Waals surface area contributed by atoms with Crippen LogP contribution in [0.15, 0.2) is 0 Å². The van der Waals surface area contributed by atoms with Crippen molar-refractivity contribution in [3.63, 3.8) is 0 Å². The molecular weight excluding hydrogens is 244 g/mol. The van der Waals surface area contributed by atoms with E-state index in [2.05, 4.69) is 47.7 Å². The van der Waals surface area contributed by atoms with Gasteiger partial charge >= 0.3 is 5.97 Å². The third-order valence-electron chi connectivity index (χ3n) is 3.48. The van der Waals surface area contributed by atoms with Crippen LogP contribution in [0.25, 0.3) is 0 Å². The van der Waals surface area contributed by atoms with Gasteiger partial charge in [0.05, 0.1) is 6.61 Å². The van der Waals surface area contributed by atoms with Gasteiger partial charge < -0.3 is 9.16 Å². The van der Waals surface area contributed by atoms with E-state index in [1.165, 1.54) is 0 Å². The molecule has 0 saturated heterocycles. The van der Waals surface area contributed by atoms with Crippen LogP contribution in [-0.4, -0.2) is 27.0 Å². The Labute approximate surface area is 113 Å². The number of rotatable bonds is 6. The molecule has 0 aromatic carbocycles. The first-order valence-corrected chi connectivity index (χ1v) is 9.76. The second kappa shape index (κ2) is 6.71. The van der Waals surface area contributed by atoms with Crippen LogP contribution in [0.4, 0.5) is 0 Å². The zero-order valence-electron chi connectivity index (χ0n) is 13.3. The van der Waals surface area contributed by atoms with Crippen molar-refractivity contribution in [3.05, 3.63) is 0 Å². The van der Waals surface area contributed by atoms with Crippen LogP contribution in [0.5, 0.6) is 0 Å². The van der Waals surface area contributed by atoms with Crippen molar-refractivity contribution in [1.82, 2.24) is 0 Å². The van der Waals surface area contributed by atoms with Crippen molar-refractivity contribution < 1.29 is 14.0 Å². The van der Waals surface area contributed by atoms with Gasteiger partial charge in [-0.05, 0) is 37.4 Å². The highest BCUT2D eigenvalue weighted by molar-refractivity contribution is 6.74. The van der Waals surface area contributed by atoms with Gasteiger partial charge in [-0.15, -0.1) is 0 Å². The van der Waals surface area contributed by atoms with Gasteiger partial charge in [-0.3, -0.25) is 0 Å². The Morgan fingerprint density at radius 1 is 1.22 bits per heavy atom. The maximum Gasteiger partial charge on any atom is 0.334 e. The minimum atomic E-state index is -1.93. The third-order valence-corrected chi connectivity index (χ3v) is 7.96. The third kappa shape index (κ3) is 5.53. The maximum atomic E-state index is 12.0. The fourth-order valence-corrected chi connectivity index (χ4v) is 2.65. The zero-order valence-corrected chi connectivity index (χ0v) is 14.3. The lowest BCUT2D eigenvalue weighted by Gasteiger charge is -2.38. The molecule has 0 spiro atoms. The molecule has 0 saturated carbocycles. The fourth-order valence-electron chi connectivity index (χ4n) is 1.39. The molecule has 3 nitrogen and oxygen atoms in total. The average Bonchev–Trinajstić information content (AvgIpc) is 2.14. The standard InChI is InChI=1S/C14H30O3Si/c1-9-16-13(15)12(10-11(2)3)17-18(7,8)14(4,5)6/h11-12H,9-10H2,1-8H3. The molecule has 0 aliphatic carbocycles. The van der Waals surface area contributed by atoms with E-state index in [1.54, 1.807) is 0 Å². The molecule has 0 rings (SSSR count). The summed E-state index contributed by atoms with van der Waals surface area (Å²) in [5.41, 5.74) is 0. The molecular formula is C14H30O3Si. The predicted octanol–water partition coefficient (Wildman–Crippen LogP) is 3.99. The number of carbonyl (C=O) groups excluding carboxylic acids is 1.